The first-order valence-corrected chi connectivity index (χ1v) is 9.91. The average molecular weight is 412 g/mol. The fourth-order valence-electron chi connectivity index (χ4n) is 3.27. The molecular formula is C23H20N6O2. The fraction of sp³-hybridized carbons (Fsp3) is 0.174. The molecule has 0 aliphatic carbocycles. The first-order chi connectivity index (χ1) is 15.1. The number of aromatic nitrogens is 6. The van der Waals surface area contributed by atoms with Crippen molar-refractivity contribution in [1.82, 2.24) is 30.1 Å². The summed E-state index contributed by atoms with van der Waals surface area (Å²) in [6.45, 7) is 6.28. The lowest BCUT2D eigenvalue weighted by molar-refractivity contribution is 0.430. The summed E-state index contributed by atoms with van der Waals surface area (Å²) in [6, 6.07) is 17.8. The SMILES string of the molecule is Cc1ccc(-c2noc(-c3nnn(Cc4nc(-c5ccccc5)oc4C)c3C)n2)cc1. The van der Waals surface area contributed by atoms with Gasteiger partial charge in [-0.2, -0.15) is 4.98 Å². The topological polar surface area (TPSA) is 95.7 Å². The maximum absolute atomic E-state index is 5.85. The third kappa shape index (κ3) is 3.63. The second-order valence-corrected chi connectivity index (χ2v) is 7.36. The molecule has 8 nitrogen and oxygen atoms in total. The van der Waals surface area contributed by atoms with Crippen LogP contribution in [0.3, 0.4) is 0 Å². The summed E-state index contributed by atoms with van der Waals surface area (Å²) in [4.78, 5) is 9.14. The first-order valence-electron chi connectivity index (χ1n) is 9.91. The second kappa shape index (κ2) is 7.64. The Morgan fingerprint density at radius 1 is 0.839 bits per heavy atom. The Balaban J connectivity index is 1.40. The quantitative estimate of drug-likeness (QED) is 0.415. The third-order valence-corrected chi connectivity index (χ3v) is 5.13. The fourth-order valence-corrected chi connectivity index (χ4v) is 3.27. The van der Waals surface area contributed by atoms with Crippen molar-refractivity contribution in [3.05, 3.63) is 77.3 Å². The molecule has 3 heterocycles. The van der Waals surface area contributed by atoms with E-state index in [0.29, 0.717) is 29.8 Å². The van der Waals surface area contributed by atoms with Crippen LogP contribution in [0.4, 0.5) is 0 Å². The number of hydrogen-bond donors (Lipinski definition) is 0. The van der Waals surface area contributed by atoms with Crippen LogP contribution in [0.2, 0.25) is 0 Å². The van der Waals surface area contributed by atoms with E-state index < -0.39 is 0 Å². The Kier molecular flexibility index (Phi) is 4.66. The van der Waals surface area contributed by atoms with Crippen LogP contribution in [0.1, 0.15) is 22.7 Å². The molecule has 5 aromatic rings. The van der Waals surface area contributed by atoms with Gasteiger partial charge in [0.05, 0.1) is 12.2 Å². The molecule has 8 heteroatoms. The number of nitrogens with zero attached hydrogens (tertiary/aromatic N) is 6. The van der Waals surface area contributed by atoms with Gasteiger partial charge in [0.1, 0.15) is 11.5 Å². The summed E-state index contributed by atoms with van der Waals surface area (Å²) in [7, 11) is 0. The van der Waals surface area contributed by atoms with E-state index in [0.717, 1.165) is 28.3 Å². The summed E-state index contributed by atoms with van der Waals surface area (Å²) in [6.07, 6.45) is 0. The zero-order valence-corrected chi connectivity index (χ0v) is 17.4. The summed E-state index contributed by atoms with van der Waals surface area (Å²) in [5.74, 6) is 2.19. The van der Waals surface area contributed by atoms with E-state index in [1.165, 1.54) is 5.56 Å². The Labute approximate surface area is 178 Å². The van der Waals surface area contributed by atoms with Crippen LogP contribution in [0, 0.1) is 20.8 Å². The predicted molar refractivity (Wildman–Crippen MR) is 114 cm³/mol. The Morgan fingerprint density at radius 2 is 1.61 bits per heavy atom. The van der Waals surface area contributed by atoms with Gasteiger partial charge in [-0.25, -0.2) is 9.67 Å². The van der Waals surface area contributed by atoms with Crippen molar-refractivity contribution < 1.29 is 8.94 Å². The highest BCUT2D eigenvalue weighted by atomic mass is 16.5. The standard InChI is InChI=1S/C23H20N6O2/c1-14-9-11-17(12-10-14)21-25-23(31-27-21)20-15(2)29(28-26-20)13-19-16(3)30-22(24-19)18-7-5-4-6-8-18/h4-12H,13H2,1-3H3. The van der Waals surface area contributed by atoms with Gasteiger partial charge in [0, 0.05) is 11.1 Å². The number of rotatable bonds is 5. The molecule has 5 rings (SSSR count). The van der Waals surface area contributed by atoms with Gasteiger partial charge in [-0.1, -0.05) is 58.4 Å². The molecule has 0 spiro atoms. The largest absolute Gasteiger partial charge is 0.441 e. The lowest BCUT2D eigenvalue weighted by atomic mass is 10.1. The minimum absolute atomic E-state index is 0.334. The molecule has 0 saturated heterocycles. The highest BCUT2D eigenvalue weighted by molar-refractivity contribution is 5.59. The van der Waals surface area contributed by atoms with E-state index >= 15 is 0 Å². The molecule has 0 aliphatic heterocycles. The Bertz CT molecular complexity index is 1330. The summed E-state index contributed by atoms with van der Waals surface area (Å²) < 4.78 is 13.1. The molecule has 0 unspecified atom stereocenters. The van der Waals surface area contributed by atoms with Crippen molar-refractivity contribution in [2.45, 2.75) is 27.3 Å². The molecule has 0 bridgehead atoms. The van der Waals surface area contributed by atoms with E-state index in [2.05, 4.69) is 25.4 Å². The lowest BCUT2D eigenvalue weighted by Crippen LogP contribution is -2.05. The minimum atomic E-state index is 0.334. The van der Waals surface area contributed by atoms with Crippen LogP contribution in [0.5, 0.6) is 0 Å². The molecule has 0 atom stereocenters. The van der Waals surface area contributed by atoms with Crippen molar-refractivity contribution in [3.8, 4) is 34.4 Å². The van der Waals surface area contributed by atoms with Gasteiger partial charge in [-0.3, -0.25) is 0 Å². The highest BCUT2D eigenvalue weighted by Gasteiger charge is 2.20. The molecule has 154 valence electrons. The van der Waals surface area contributed by atoms with Gasteiger partial charge >= 0.3 is 0 Å². The van der Waals surface area contributed by atoms with E-state index in [1.54, 1.807) is 4.68 Å². The maximum Gasteiger partial charge on any atom is 0.280 e. The van der Waals surface area contributed by atoms with Crippen LogP contribution < -0.4 is 0 Å². The van der Waals surface area contributed by atoms with E-state index in [-0.39, 0.29) is 0 Å². The first kappa shape index (κ1) is 18.9. The van der Waals surface area contributed by atoms with Crippen LogP contribution in [-0.2, 0) is 6.54 Å². The van der Waals surface area contributed by atoms with Crippen LogP contribution >= 0.6 is 0 Å². The van der Waals surface area contributed by atoms with Gasteiger partial charge in [0.2, 0.25) is 11.7 Å². The molecule has 0 amide bonds. The van der Waals surface area contributed by atoms with Crippen molar-refractivity contribution in [3.63, 3.8) is 0 Å². The molecular weight excluding hydrogens is 392 g/mol. The maximum atomic E-state index is 5.85. The normalized spacial score (nSPS) is 11.2. The summed E-state index contributed by atoms with van der Waals surface area (Å²) >= 11 is 0. The van der Waals surface area contributed by atoms with Gasteiger partial charge in [-0.05, 0) is 32.9 Å². The molecule has 0 aliphatic rings. The van der Waals surface area contributed by atoms with Crippen molar-refractivity contribution >= 4 is 0 Å². The molecule has 3 aromatic heterocycles. The smallest absolute Gasteiger partial charge is 0.280 e. The number of oxazole rings is 1. The van der Waals surface area contributed by atoms with Crippen molar-refractivity contribution in [2.75, 3.05) is 0 Å². The van der Waals surface area contributed by atoms with Crippen LogP contribution in [-0.4, -0.2) is 30.1 Å². The average Bonchev–Trinajstić information content (AvgIpc) is 3.50. The molecule has 0 fully saturated rings. The van der Waals surface area contributed by atoms with E-state index in [9.17, 15) is 0 Å². The van der Waals surface area contributed by atoms with Gasteiger partial charge < -0.3 is 8.94 Å². The monoisotopic (exact) mass is 412 g/mol. The van der Waals surface area contributed by atoms with E-state index in [1.807, 2.05) is 75.4 Å². The molecule has 31 heavy (non-hydrogen) atoms. The third-order valence-electron chi connectivity index (χ3n) is 5.13. The Hall–Kier alpha value is -4.07. The summed E-state index contributed by atoms with van der Waals surface area (Å²) in [5.41, 5.74) is 5.15. The van der Waals surface area contributed by atoms with Crippen molar-refractivity contribution in [1.29, 1.82) is 0 Å². The molecule has 0 radical (unpaired) electrons. The number of aryl methyl sites for hydroxylation is 2. The minimum Gasteiger partial charge on any atom is -0.441 e. The zero-order valence-electron chi connectivity index (χ0n) is 17.4. The second-order valence-electron chi connectivity index (χ2n) is 7.36. The summed E-state index contributed by atoms with van der Waals surface area (Å²) in [5, 5.41) is 12.6. The van der Waals surface area contributed by atoms with Gasteiger partial charge in [0.15, 0.2) is 5.69 Å². The zero-order chi connectivity index (χ0) is 21.4. The highest BCUT2D eigenvalue weighted by Crippen LogP contribution is 2.25. The number of benzene rings is 2. The Morgan fingerprint density at radius 3 is 2.39 bits per heavy atom. The molecule has 0 N–H and O–H groups in total. The molecule has 0 saturated carbocycles. The van der Waals surface area contributed by atoms with Gasteiger partial charge in [0.25, 0.3) is 5.89 Å². The van der Waals surface area contributed by atoms with Crippen LogP contribution in [0.25, 0.3) is 34.4 Å². The lowest BCUT2D eigenvalue weighted by Gasteiger charge is -2.00. The van der Waals surface area contributed by atoms with E-state index in [4.69, 9.17) is 8.94 Å². The number of hydrogen-bond acceptors (Lipinski definition) is 7. The van der Waals surface area contributed by atoms with Crippen molar-refractivity contribution in [2.24, 2.45) is 0 Å². The predicted octanol–water partition coefficient (Wildman–Crippen LogP) is 4.62. The van der Waals surface area contributed by atoms with Gasteiger partial charge in [-0.15, -0.1) is 5.10 Å². The molecule has 2 aromatic carbocycles. The van der Waals surface area contributed by atoms with Crippen LogP contribution in [0.15, 0.2) is 63.5 Å².